The molecule has 1 saturated carbocycles. The van der Waals surface area contributed by atoms with Crippen molar-refractivity contribution in [2.24, 2.45) is 5.92 Å². The predicted molar refractivity (Wildman–Crippen MR) is 73.0 cm³/mol. The van der Waals surface area contributed by atoms with Gasteiger partial charge in [0, 0.05) is 18.2 Å². The summed E-state index contributed by atoms with van der Waals surface area (Å²) in [5.41, 5.74) is 0.293. The van der Waals surface area contributed by atoms with Gasteiger partial charge in [-0.05, 0) is 38.5 Å². The number of nitrogens with one attached hydrogen (secondary N) is 1. The smallest absolute Gasteiger partial charge is 0.423 e. The van der Waals surface area contributed by atoms with E-state index in [-0.39, 0.29) is 6.10 Å². The van der Waals surface area contributed by atoms with Crippen molar-refractivity contribution >= 4 is 18.4 Å². The second kappa shape index (κ2) is 6.32. The largest absolute Gasteiger partial charge is 0.493 e. The molecule has 1 fully saturated rings. The van der Waals surface area contributed by atoms with Gasteiger partial charge in [-0.25, -0.2) is 9.97 Å². The second-order valence-electron chi connectivity index (χ2n) is 5.15. The first kappa shape index (κ1) is 14.2. The van der Waals surface area contributed by atoms with Crippen molar-refractivity contribution in [2.45, 2.75) is 38.7 Å². The van der Waals surface area contributed by atoms with Crippen LogP contribution in [0.5, 0.6) is 0 Å². The van der Waals surface area contributed by atoms with E-state index in [1.54, 1.807) is 6.92 Å². The third-order valence-corrected chi connectivity index (χ3v) is 3.59. The van der Waals surface area contributed by atoms with Gasteiger partial charge in [-0.2, -0.15) is 0 Å². The quantitative estimate of drug-likeness (QED) is 0.544. The van der Waals surface area contributed by atoms with E-state index in [9.17, 15) is 15.2 Å². The minimum Gasteiger partial charge on any atom is -0.423 e. The zero-order valence-electron chi connectivity index (χ0n) is 11.1. The number of nitrogens with zero attached hydrogens (tertiary/aromatic N) is 2. The third kappa shape index (κ3) is 3.89. The van der Waals surface area contributed by atoms with Crippen LogP contribution in [-0.4, -0.2) is 44.9 Å². The van der Waals surface area contributed by atoms with E-state index in [0.29, 0.717) is 23.0 Å². The molecule has 1 aliphatic rings. The van der Waals surface area contributed by atoms with Crippen LogP contribution in [0.2, 0.25) is 0 Å². The molecule has 0 spiro atoms. The van der Waals surface area contributed by atoms with Crippen LogP contribution in [0.3, 0.4) is 0 Å². The molecule has 1 aliphatic carbocycles. The maximum atomic E-state index is 9.46. The van der Waals surface area contributed by atoms with Gasteiger partial charge < -0.3 is 20.5 Å². The van der Waals surface area contributed by atoms with Crippen molar-refractivity contribution in [3.05, 3.63) is 12.0 Å². The molecule has 0 aromatic carbocycles. The van der Waals surface area contributed by atoms with Crippen molar-refractivity contribution in [3.63, 3.8) is 0 Å². The summed E-state index contributed by atoms with van der Waals surface area (Å²) in [4.78, 5) is 8.16. The van der Waals surface area contributed by atoms with Crippen LogP contribution >= 0.6 is 0 Å². The zero-order chi connectivity index (χ0) is 13.8. The summed E-state index contributed by atoms with van der Waals surface area (Å²) < 4.78 is 0. The lowest BCUT2D eigenvalue weighted by Gasteiger charge is -2.26. The number of aryl methyl sites for hydroxylation is 1. The zero-order valence-corrected chi connectivity index (χ0v) is 11.1. The molecule has 4 N–H and O–H groups in total. The topological polar surface area (TPSA) is 98.5 Å². The van der Waals surface area contributed by atoms with Gasteiger partial charge in [0.25, 0.3) is 0 Å². The average molecular weight is 265 g/mol. The molecule has 0 saturated heterocycles. The molecule has 1 heterocycles. The summed E-state index contributed by atoms with van der Waals surface area (Å²) in [5.74, 6) is 1.56. The molecular weight excluding hydrogens is 245 g/mol. The van der Waals surface area contributed by atoms with Crippen LogP contribution in [0.25, 0.3) is 0 Å². The lowest BCUT2D eigenvalue weighted by atomic mass is 9.81. The molecule has 0 radical (unpaired) electrons. The molecule has 1 aromatic heterocycles. The summed E-state index contributed by atoms with van der Waals surface area (Å²) in [6.45, 7) is 2.48. The molecule has 0 atom stereocenters. The molecule has 6 nitrogen and oxygen atoms in total. The summed E-state index contributed by atoms with van der Waals surface area (Å²) in [6.07, 6.45) is 4.91. The Kier molecular flexibility index (Phi) is 4.73. The van der Waals surface area contributed by atoms with E-state index in [1.807, 2.05) is 0 Å². The number of anilines is 1. The van der Waals surface area contributed by atoms with Crippen LogP contribution in [0.4, 0.5) is 5.82 Å². The van der Waals surface area contributed by atoms with Gasteiger partial charge in [0.05, 0.1) is 6.10 Å². The standard InChI is InChI=1S/C12H20BN3O3/c1-8-14-7-11(13(18)19)12(16-8)15-6-9-2-4-10(17)5-3-9/h7,9-10,17-19H,2-6H2,1H3,(H,14,15,16). The van der Waals surface area contributed by atoms with Crippen molar-refractivity contribution in [1.29, 1.82) is 0 Å². The number of hydrogen-bond acceptors (Lipinski definition) is 6. The summed E-state index contributed by atoms with van der Waals surface area (Å²) in [7, 11) is -1.57. The fourth-order valence-electron chi connectivity index (χ4n) is 2.40. The Balaban J connectivity index is 1.97. The molecule has 2 rings (SSSR count). The summed E-state index contributed by atoms with van der Waals surface area (Å²) in [6, 6.07) is 0. The first-order chi connectivity index (χ1) is 9.06. The van der Waals surface area contributed by atoms with Crippen molar-refractivity contribution < 1.29 is 15.2 Å². The molecular formula is C12H20BN3O3. The van der Waals surface area contributed by atoms with Gasteiger partial charge in [-0.3, -0.25) is 0 Å². The molecule has 0 bridgehead atoms. The van der Waals surface area contributed by atoms with E-state index in [4.69, 9.17) is 0 Å². The van der Waals surface area contributed by atoms with E-state index < -0.39 is 7.12 Å². The van der Waals surface area contributed by atoms with Gasteiger partial charge in [0.15, 0.2) is 0 Å². The summed E-state index contributed by atoms with van der Waals surface area (Å²) in [5, 5.41) is 31.2. The van der Waals surface area contributed by atoms with Gasteiger partial charge in [0.1, 0.15) is 11.6 Å². The van der Waals surface area contributed by atoms with Gasteiger partial charge in [0.2, 0.25) is 0 Å². The Morgan fingerprint density at radius 1 is 1.32 bits per heavy atom. The molecule has 1 aromatic rings. The SMILES string of the molecule is Cc1ncc(B(O)O)c(NCC2CCC(O)CC2)n1. The molecule has 19 heavy (non-hydrogen) atoms. The third-order valence-electron chi connectivity index (χ3n) is 3.59. The average Bonchev–Trinajstić information content (AvgIpc) is 2.38. The fourth-order valence-corrected chi connectivity index (χ4v) is 2.40. The first-order valence-electron chi connectivity index (χ1n) is 6.68. The van der Waals surface area contributed by atoms with Crippen LogP contribution in [-0.2, 0) is 0 Å². The number of aromatic nitrogens is 2. The van der Waals surface area contributed by atoms with E-state index >= 15 is 0 Å². The molecule has 0 unspecified atom stereocenters. The lowest BCUT2D eigenvalue weighted by Crippen LogP contribution is -2.35. The number of rotatable bonds is 4. The highest BCUT2D eigenvalue weighted by atomic mass is 16.4. The van der Waals surface area contributed by atoms with Crippen molar-refractivity contribution in [1.82, 2.24) is 9.97 Å². The van der Waals surface area contributed by atoms with Crippen LogP contribution < -0.4 is 10.8 Å². The minimum absolute atomic E-state index is 0.160. The maximum absolute atomic E-state index is 9.46. The van der Waals surface area contributed by atoms with E-state index in [2.05, 4.69) is 15.3 Å². The summed E-state index contributed by atoms with van der Waals surface area (Å²) >= 11 is 0. The van der Waals surface area contributed by atoms with E-state index in [1.165, 1.54) is 6.20 Å². The molecule has 7 heteroatoms. The Labute approximate surface area is 113 Å². The van der Waals surface area contributed by atoms with Gasteiger partial charge >= 0.3 is 7.12 Å². The highest BCUT2D eigenvalue weighted by Crippen LogP contribution is 2.24. The molecule has 0 amide bonds. The Morgan fingerprint density at radius 2 is 2.00 bits per heavy atom. The highest BCUT2D eigenvalue weighted by molar-refractivity contribution is 6.60. The Hall–Kier alpha value is -1.18. The normalized spacial score (nSPS) is 23.2. The van der Waals surface area contributed by atoms with Gasteiger partial charge in [-0.15, -0.1) is 0 Å². The predicted octanol–water partition coefficient (Wildman–Crippen LogP) is -0.572. The maximum Gasteiger partial charge on any atom is 0.493 e. The van der Waals surface area contributed by atoms with Crippen LogP contribution in [0, 0.1) is 12.8 Å². The Morgan fingerprint density at radius 3 is 2.63 bits per heavy atom. The molecule has 0 aliphatic heterocycles. The van der Waals surface area contributed by atoms with Crippen LogP contribution in [0.15, 0.2) is 6.20 Å². The Bertz CT molecular complexity index is 423. The monoisotopic (exact) mass is 265 g/mol. The van der Waals surface area contributed by atoms with Crippen LogP contribution in [0.1, 0.15) is 31.5 Å². The number of hydrogen-bond donors (Lipinski definition) is 4. The van der Waals surface area contributed by atoms with Crippen molar-refractivity contribution in [2.75, 3.05) is 11.9 Å². The second-order valence-corrected chi connectivity index (χ2v) is 5.15. The molecule has 104 valence electrons. The van der Waals surface area contributed by atoms with E-state index in [0.717, 1.165) is 32.2 Å². The first-order valence-corrected chi connectivity index (χ1v) is 6.68. The fraction of sp³-hybridized carbons (Fsp3) is 0.667. The lowest BCUT2D eigenvalue weighted by molar-refractivity contribution is 0.111. The highest BCUT2D eigenvalue weighted by Gasteiger charge is 2.21. The van der Waals surface area contributed by atoms with Crippen molar-refractivity contribution in [3.8, 4) is 0 Å². The minimum atomic E-state index is -1.57. The van der Waals surface area contributed by atoms with Gasteiger partial charge in [-0.1, -0.05) is 0 Å². The number of aliphatic hydroxyl groups is 1. The number of aliphatic hydroxyl groups excluding tert-OH is 1.